The zero-order valence-electron chi connectivity index (χ0n) is 19.7. The van der Waals surface area contributed by atoms with Gasteiger partial charge in [-0.2, -0.15) is 4.31 Å². The van der Waals surface area contributed by atoms with Crippen LogP contribution in [0.4, 0.5) is 0 Å². The van der Waals surface area contributed by atoms with E-state index in [1.807, 2.05) is 24.3 Å². The van der Waals surface area contributed by atoms with E-state index in [4.69, 9.17) is 9.47 Å². The van der Waals surface area contributed by atoms with Gasteiger partial charge in [0.25, 0.3) is 5.91 Å². The van der Waals surface area contributed by atoms with Crippen LogP contribution in [0.3, 0.4) is 0 Å². The topological polar surface area (TPSA) is 88.2 Å². The van der Waals surface area contributed by atoms with Crippen molar-refractivity contribution in [3.63, 3.8) is 0 Å². The van der Waals surface area contributed by atoms with Crippen LogP contribution in [0.1, 0.15) is 35.8 Å². The average molecular weight is 476 g/mol. The van der Waals surface area contributed by atoms with Gasteiger partial charge in [0.1, 0.15) is 5.75 Å². The fraction of sp³-hybridized carbons (Fsp3) is 0.458. The Morgan fingerprint density at radius 3 is 2.42 bits per heavy atom. The first kappa shape index (κ1) is 25.2. The van der Waals surface area contributed by atoms with Crippen LogP contribution in [-0.2, 0) is 14.8 Å². The standard InChI is InChI=1S/C24H33N3O5S/c1-18(2)26(3)33(29,30)22-7-5-6-20(16-22)24(28)25-17-23(27-12-14-32-15-13-27)19-8-10-21(31-4)11-9-19/h5-11,16,18,23H,12-15,17H2,1-4H3,(H,25,28)/t23-/m1/s1. The summed E-state index contributed by atoms with van der Waals surface area (Å²) in [6.45, 7) is 6.81. The van der Waals surface area contributed by atoms with E-state index in [2.05, 4.69) is 10.2 Å². The summed E-state index contributed by atoms with van der Waals surface area (Å²) < 4.78 is 37.7. The summed E-state index contributed by atoms with van der Waals surface area (Å²) in [5.41, 5.74) is 1.37. The maximum atomic E-state index is 13.0. The second kappa shape index (κ2) is 11.1. The number of methoxy groups -OCH3 is 1. The van der Waals surface area contributed by atoms with Crippen molar-refractivity contribution in [3.8, 4) is 5.75 Å². The van der Waals surface area contributed by atoms with Crippen LogP contribution < -0.4 is 10.1 Å². The van der Waals surface area contributed by atoms with Gasteiger partial charge < -0.3 is 14.8 Å². The van der Waals surface area contributed by atoms with Gasteiger partial charge >= 0.3 is 0 Å². The highest BCUT2D eigenvalue weighted by molar-refractivity contribution is 7.89. The van der Waals surface area contributed by atoms with Gasteiger partial charge in [-0.1, -0.05) is 18.2 Å². The number of sulfonamides is 1. The summed E-state index contributed by atoms with van der Waals surface area (Å²) >= 11 is 0. The number of rotatable bonds is 9. The molecular formula is C24H33N3O5S. The van der Waals surface area contributed by atoms with E-state index in [-0.39, 0.29) is 22.9 Å². The molecule has 0 radical (unpaired) electrons. The van der Waals surface area contributed by atoms with E-state index < -0.39 is 10.0 Å². The SMILES string of the molecule is COc1ccc([C@@H](CNC(=O)c2cccc(S(=O)(=O)N(C)C(C)C)c2)N2CCOCC2)cc1. The number of nitrogens with zero attached hydrogens (tertiary/aromatic N) is 2. The largest absolute Gasteiger partial charge is 0.497 e. The number of hydrogen-bond acceptors (Lipinski definition) is 6. The Labute approximate surface area is 196 Å². The van der Waals surface area contributed by atoms with E-state index in [9.17, 15) is 13.2 Å². The van der Waals surface area contributed by atoms with Crippen molar-refractivity contribution >= 4 is 15.9 Å². The number of amides is 1. The minimum Gasteiger partial charge on any atom is -0.497 e. The van der Waals surface area contributed by atoms with Crippen molar-refractivity contribution in [2.75, 3.05) is 47.0 Å². The Balaban J connectivity index is 1.77. The third kappa shape index (κ3) is 6.11. The molecule has 0 aliphatic carbocycles. The van der Waals surface area contributed by atoms with Crippen molar-refractivity contribution in [2.45, 2.75) is 30.8 Å². The van der Waals surface area contributed by atoms with Gasteiger partial charge in [0.05, 0.1) is 31.3 Å². The van der Waals surface area contributed by atoms with E-state index in [0.29, 0.717) is 25.3 Å². The molecule has 0 spiro atoms. The Morgan fingerprint density at radius 1 is 1.15 bits per heavy atom. The number of carbonyl (C=O) groups is 1. The Kier molecular flexibility index (Phi) is 8.47. The molecule has 3 rings (SSSR count). The lowest BCUT2D eigenvalue weighted by molar-refractivity contribution is 0.0162. The van der Waals surface area contributed by atoms with Crippen molar-refractivity contribution in [3.05, 3.63) is 59.7 Å². The first-order chi connectivity index (χ1) is 15.7. The van der Waals surface area contributed by atoms with Gasteiger partial charge in [0, 0.05) is 38.3 Å². The monoisotopic (exact) mass is 475 g/mol. The average Bonchev–Trinajstić information content (AvgIpc) is 2.84. The number of hydrogen-bond donors (Lipinski definition) is 1. The molecule has 2 aromatic rings. The maximum absolute atomic E-state index is 13.0. The smallest absolute Gasteiger partial charge is 0.251 e. The molecule has 1 amide bonds. The summed E-state index contributed by atoms with van der Waals surface area (Å²) in [6.07, 6.45) is 0. The lowest BCUT2D eigenvalue weighted by Gasteiger charge is -2.35. The Hall–Kier alpha value is -2.46. The molecule has 1 atom stereocenters. The van der Waals surface area contributed by atoms with Crippen molar-refractivity contribution in [1.29, 1.82) is 0 Å². The quantitative estimate of drug-likeness (QED) is 0.600. The van der Waals surface area contributed by atoms with Gasteiger partial charge in [0.15, 0.2) is 0 Å². The van der Waals surface area contributed by atoms with Crippen LogP contribution in [0.2, 0.25) is 0 Å². The van der Waals surface area contributed by atoms with Gasteiger partial charge in [-0.05, 0) is 49.7 Å². The van der Waals surface area contributed by atoms with Crippen LogP contribution in [0, 0.1) is 0 Å². The molecule has 0 unspecified atom stereocenters. The molecule has 1 saturated heterocycles. The third-order valence-electron chi connectivity index (χ3n) is 5.94. The fourth-order valence-corrected chi connectivity index (χ4v) is 5.12. The van der Waals surface area contributed by atoms with Crippen LogP contribution >= 0.6 is 0 Å². The van der Waals surface area contributed by atoms with E-state index in [1.165, 1.54) is 23.5 Å². The number of ether oxygens (including phenoxy) is 2. The lowest BCUT2D eigenvalue weighted by Crippen LogP contribution is -2.43. The molecule has 33 heavy (non-hydrogen) atoms. The van der Waals surface area contributed by atoms with E-state index >= 15 is 0 Å². The van der Waals surface area contributed by atoms with E-state index in [0.717, 1.165) is 24.4 Å². The highest BCUT2D eigenvalue weighted by Crippen LogP contribution is 2.24. The third-order valence-corrected chi connectivity index (χ3v) is 7.97. The first-order valence-electron chi connectivity index (χ1n) is 11.1. The fourth-order valence-electron chi connectivity index (χ4n) is 3.71. The summed E-state index contributed by atoms with van der Waals surface area (Å²) in [5.74, 6) is 0.457. The molecule has 0 saturated carbocycles. The maximum Gasteiger partial charge on any atom is 0.251 e. The van der Waals surface area contributed by atoms with Crippen molar-refractivity contribution in [2.24, 2.45) is 0 Å². The minimum atomic E-state index is -3.67. The zero-order valence-corrected chi connectivity index (χ0v) is 20.5. The predicted molar refractivity (Wildman–Crippen MR) is 127 cm³/mol. The summed E-state index contributed by atoms with van der Waals surface area (Å²) in [5, 5.41) is 2.99. The first-order valence-corrected chi connectivity index (χ1v) is 12.5. The molecule has 1 aliphatic heterocycles. The molecule has 1 aliphatic rings. The summed E-state index contributed by atoms with van der Waals surface area (Å²) in [4.78, 5) is 15.3. The number of benzene rings is 2. The van der Waals surface area contributed by atoms with Crippen LogP contribution in [0.5, 0.6) is 5.75 Å². The highest BCUT2D eigenvalue weighted by atomic mass is 32.2. The molecule has 180 valence electrons. The molecule has 9 heteroatoms. The molecular weight excluding hydrogens is 442 g/mol. The Bertz CT molecular complexity index is 1030. The number of nitrogens with one attached hydrogen (secondary N) is 1. The van der Waals surface area contributed by atoms with Crippen LogP contribution in [0.15, 0.2) is 53.4 Å². The molecule has 0 bridgehead atoms. The predicted octanol–water partition coefficient (Wildman–Crippen LogP) is 2.53. The van der Waals surface area contributed by atoms with E-state index in [1.54, 1.807) is 33.1 Å². The second-order valence-corrected chi connectivity index (χ2v) is 10.3. The van der Waals surface area contributed by atoms with Crippen LogP contribution in [-0.4, -0.2) is 76.6 Å². The highest BCUT2D eigenvalue weighted by Gasteiger charge is 2.26. The van der Waals surface area contributed by atoms with Gasteiger partial charge in [-0.3, -0.25) is 9.69 Å². The number of morpholine rings is 1. The molecule has 0 aromatic heterocycles. The van der Waals surface area contributed by atoms with Crippen molar-refractivity contribution < 1.29 is 22.7 Å². The minimum absolute atomic E-state index is 0.0391. The molecule has 1 N–H and O–H groups in total. The normalized spacial score (nSPS) is 16.1. The molecule has 2 aromatic carbocycles. The van der Waals surface area contributed by atoms with Gasteiger partial charge in [0.2, 0.25) is 10.0 Å². The number of carbonyl (C=O) groups excluding carboxylic acids is 1. The van der Waals surface area contributed by atoms with Gasteiger partial charge in [-0.25, -0.2) is 8.42 Å². The Morgan fingerprint density at radius 2 is 1.82 bits per heavy atom. The van der Waals surface area contributed by atoms with Gasteiger partial charge in [-0.15, -0.1) is 0 Å². The zero-order chi connectivity index (χ0) is 24.0. The second-order valence-electron chi connectivity index (χ2n) is 8.29. The van der Waals surface area contributed by atoms with Crippen molar-refractivity contribution in [1.82, 2.24) is 14.5 Å². The summed E-state index contributed by atoms with van der Waals surface area (Å²) in [6, 6.07) is 13.8. The lowest BCUT2D eigenvalue weighted by atomic mass is 10.0. The molecule has 1 heterocycles. The summed E-state index contributed by atoms with van der Waals surface area (Å²) in [7, 11) is -0.510. The molecule has 8 nitrogen and oxygen atoms in total. The van der Waals surface area contributed by atoms with Crippen LogP contribution in [0.25, 0.3) is 0 Å². The molecule has 1 fully saturated rings.